The Morgan fingerprint density at radius 1 is 1.09 bits per heavy atom. The number of nitrogens with one attached hydrogen (secondary N) is 1. The van der Waals surface area contributed by atoms with Crippen LogP contribution in [0.15, 0.2) is 48.8 Å². The normalized spacial score (nSPS) is 17.7. The number of hydrogen-bond acceptors (Lipinski definition) is 3. The number of rotatable bonds is 4. The fraction of sp³-hybridized carbons (Fsp3) is 0.368. The Labute approximate surface area is 136 Å². The van der Waals surface area contributed by atoms with E-state index in [0.29, 0.717) is 12.8 Å². The second kappa shape index (κ2) is 6.50. The molecule has 1 atom stereocenters. The van der Waals surface area contributed by atoms with Crippen molar-refractivity contribution >= 4 is 5.91 Å². The summed E-state index contributed by atoms with van der Waals surface area (Å²) in [7, 11) is 0. The molecule has 0 aliphatic heterocycles. The van der Waals surface area contributed by atoms with Crippen molar-refractivity contribution in [2.75, 3.05) is 0 Å². The molecule has 3 rings (SSSR count). The van der Waals surface area contributed by atoms with E-state index in [-0.39, 0.29) is 11.9 Å². The minimum Gasteiger partial charge on any atom is -0.380 e. The lowest BCUT2D eigenvalue weighted by Crippen LogP contribution is -2.45. The highest BCUT2D eigenvalue weighted by Gasteiger charge is 2.39. The van der Waals surface area contributed by atoms with Gasteiger partial charge < -0.3 is 10.4 Å². The molecule has 1 aromatic heterocycles. The van der Waals surface area contributed by atoms with Crippen LogP contribution in [0.2, 0.25) is 0 Å². The Kier molecular flexibility index (Phi) is 4.44. The molecule has 120 valence electrons. The van der Waals surface area contributed by atoms with E-state index in [4.69, 9.17) is 0 Å². The van der Waals surface area contributed by atoms with E-state index in [2.05, 4.69) is 10.3 Å². The van der Waals surface area contributed by atoms with Crippen molar-refractivity contribution in [3.05, 3.63) is 54.4 Å². The van der Waals surface area contributed by atoms with Gasteiger partial charge in [0.2, 0.25) is 0 Å². The first-order valence-electron chi connectivity index (χ1n) is 8.12. The molecule has 1 saturated carbocycles. The van der Waals surface area contributed by atoms with Gasteiger partial charge in [-0.2, -0.15) is 0 Å². The summed E-state index contributed by atoms with van der Waals surface area (Å²) in [5, 5.41) is 13.3. The van der Waals surface area contributed by atoms with Gasteiger partial charge in [-0.05, 0) is 61.4 Å². The van der Waals surface area contributed by atoms with E-state index in [9.17, 15) is 9.90 Å². The highest BCUT2D eigenvalue weighted by Crippen LogP contribution is 2.30. The monoisotopic (exact) mass is 310 g/mol. The summed E-state index contributed by atoms with van der Waals surface area (Å²) in [6.45, 7) is 1.94. The molecule has 1 aromatic carbocycles. The van der Waals surface area contributed by atoms with E-state index >= 15 is 0 Å². The third kappa shape index (κ3) is 3.42. The van der Waals surface area contributed by atoms with Crippen molar-refractivity contribution in [2.45, 2.75) is 44.2 Å². The largest absolute Gasteiger partial charge is 0.380 e. The minimum absolute atomic E-state index is 0.126. The molecule has 1 aliphatic carbocycles. The SMILES string of the molecule is CC(NC(=O)C1(O)CCCC1)c1ccc(-c2ccncc2)cc1. The highest BCUT2D eigenvalue weighted by atomic mass is 16.3. The fourth-order valence-corrected chi connectivity index (χ4v) is 3.11. The topological polar surface area (TPSA) is 62.2 Å². The Morgan fingerprint density at radius 3 is 2.26 bits per heavy atom. The standard InChI is InChI=1S/C19H22N2O2/c1-14(21-18(22)19(23)10-2-3-11-19)15-4-6-16(7-5-15)17-8-12-20-13-9-17/h4-9,12-14,23H,2-3,10-11H2,1H3,(H,21,22). The van der Waals surface area contributed by atoms with Crippen molar-refractivity contribution in [1.82, 2.24) is 10.3 Å². The number of benzene rings is 1. The Hall–Kier alpha value is -2.20. The Bertz CT molecular complexity index is 662. The zero-order valence-corrected chi connectivity index (χ0v) is 13.3. The van der Waals surface area contributed by atoms with E-state index in [1.54, 1.807) is 12.4 Å². The summed E-state index contributed by atoms with van der Waals surface area (Å²) in [6.07, 6.45) is 6.50. The third-order valence-electron chi connectivity index (χ3n) is 4.63. The molecule has 0 saturated heterocycles. The van der Waals surface area contributed by atoms with Crippen LogP contribution in [0.5, 0.6) is 0 Å². The molecule has 1 amide bonds. The van der Waals surface area contributed by atoms with Gasteiger partial charge in [-0.3, -0.25) is 9.78 Å². The lowest BCUT2D eigenvalue weighted by Gasteiger charge is -2.24. The van der Waals surface area contributed by atoms with E-state index < -0.39 is 5.60 Å². The van der Waals surface area contributed by atoms with E-state index in [1.165, 1.54) is 0 Å². The highest BCUT2D eigenvalue weighted by molar-refractivity contribution is 5.85. The number of aromatic nitrogens is 1. The molecule has 1 fully saturated rings. The Balaban J connectivity index is 1.68. The second-order valence-electron chi connectivity index (χ2n) is 6.29. The van der Waals surface area contributed by atoms with Gasteiger partial charge in [0.05, 0.1) is 6.04 Å². The van der Waals surface area contributed by atoms with Crippen LogP contribution in [0.4, 0.5) is 0 Å². The number of carbonyl (C=O) groups excluding carboxylic acids is 1. The first kappa shape index (κ1) is 15.7. The summed E-state index contributed by atoms with van der Waals surface area (Å²) < 4.78 is 0. The molecule has 0 spiro atoms. The maximum atomic E-state index is 12.3. The molecule has 4 heteroatoms. The van der Waals surface area contributed by atoms with Gasteiger partial charge in [-0.1, -0.05) is 24.3 Å². The van der Waals surface area contributed by atoms with Gasteiger partial charge in [-0.25, -0.2) is 0 Å². The molecular formula is C19H22N2O2. The molecule has 0 bridgehead atoms. The zero-order valence-electron chi connectivity index (χ0n) is 13.3. The van der Waals surface area contributed by atoms with Crippen molar-refractivity contribution in [1.29, 1.82) is 0 Å². The molecule has 1 heterocycles. The van der Waals surface area contributed by atoms with Crippen LogP contribution < -0.4 is 5.32 Å². The van der Waals surface area contributed by atoms with E-state index in [1.807, 2.05) is 43.3 Å². The third-order valence-corrected chi connectivity index (χ3v) is 4.63. The number of pyridine rings is 1. The van der Waals surface area contributed by atoms with Gasteiger partial charge in [0.1, 0.15) is 5.60 Å². The summed E-state index contributed by atoms with van der Waals surface area (Å²) in [5.41, 5.74) is 2.08. The number of amides is 1. The summed E-state index contributed by atoms with van der Waals surface area (Å²) in [6, 6.07) is 11.9. The van der Waals surface area contributed by atoms with Crippen LogP contribution >= 0.6 is 0 Å². The van der Waals surface area contributed by atoms with Crippen LogP contribution in [-0.2, 0) is 4.79 Å². The first-order valence-corrected chi connectivity index (χ1v) is 8.12. The smallest absolute Gasteiger partial charge is 0.252 e. The predicted octanol–water partition coefficient (Wildman–Crippen LogP) is 3.23. The molecule has 23 heavy (non-hydrogen) atoms. The predicted molar refractivity (Wildman–Crippen MR) is 89.6 cm³/mol. The molecule has 2 N–H and O–H groups in total. The number of hydrogen-bond donors (Lipinski definition) is 2. The van der Waals surface area contributed by atoms with Gasteiger partial charge in [0, 0.05) is 12.4 Å². The molecular weight excluding hydrogens is 288 g/mol. The summed E-state index contributed by atoms with van der Waals surface area (Å²) >= 11 is 0. The van der Waals surface area contributed by atoms with Crippen molar-refractivity contribution in [2.24, 2.45) is 0 Å². The van der Waals surface area contributed by atoms with Gasteiger partial charge >= 0.3 is 0 Å². The lowest BCUT2D eigenvalue weighted by molar-refractivity contribution is -0.139. The molecule has 0 radical (unpaired) electrons. The lowest BCUT2D eigenvalue weighted by atomic mass is 9.99. The fourth-order valence-electron chi connectivity index (χ4n) is 3.11. The van der Waals surface area contributed by atoms with Crippen LogP contribution in [0.25, 0.3) is 11.1 Å². The number of nitrogens with zero attached hydrogens (tertiary/aromatic N) is 1. The van der Waals surface area contributed by atoms with Gasteiger partial charge in [-0.15, -0.1) is 0 Å². The van der Waals surface area contributed by atoms with Crippen molar-refractivity contribution in [3.63, 3.8) is 0 Å². The second-order valence-corrected chi connectivity index (χ2v) is 6.29. The average Bonchev–Trinajstić information content (AvgIpc) is 3.04. The number of aliphatic hydroxyl groups is 1. The maximum Gasteiger partial charge on any atom is 0.252 e. The molecule has 4 nitrogen and oxygen atoms in total. The van der Waals surface area contributed by atoms with Gasteiger partial charge in [0.25, 0.3) is 5.91 Å². The molecule has 2 aromatic rings. The molecule has 1 unspecified atom stereocenters. The van der Waals surface area contributed by atoms with Gasteiger partial charge in [0.15, 0.2) is 0 Å². The Morgan fingerprint density at radius 2 is 1.65 bits per heavy atom. The zero-order chi connectivity index (χ0) is 16.3. The summed E-state index contributed by atoms with van der Waals surface area (Å²) in [4.78, 5) is 16.3. The van der Waals surface area contributed by atoms with Crippen LogP contribution in [-0.4, -0.2) is 21.6 Å². The van der Waals surface area contributed by atoms with Crippen molar-refractivity contribution < 1.29 is 9.90 Å². The van der Waals surface area contributed by atoms with Crippen LogP contribution in [0.1, 0.15) is 44.2 Å². The van der Waals surface area contributed by atoms with E-state index in [0.717, 1.165) is 29.5 Å². The summed E-state index contributed by atoms with van der Waals surface area (Å²) in [5.74, 6) is -0.249. The first-order chi connectivity index (χ1) is 11.1. The van der Waals surface area contributed by atoms with Crippen LogP contribution in [0, 0.1) is 0 Å². The quantitative estimate of drug-likeness (QED) is 0.911. The maximum absolute atomic E-state index is 12.3. The minimum atomic E-state index is -1.18. The number of carbonyl (C=O) groups is 1. The molecule has 1 aliphatic rings. The average molecular weight is 310 g/mol. The van der Waals surface area contributed by atoms with Crippen molar-refractivity contribution in [3.8, 4) is 11.1 Å². The van der Waals surface area contributed by atoms with Crippen LogP contribution in [0.3, 0.4) is 0 Å².